The molecule has 4 aromatic rings. The average Bonchev–Trinajstić information content (AvgIpc) is 3.55. The zero-order chi connectivity index (χ0) is 25.1. The second-order valence-corrected chi connectivity index (χ2v) is 9.73. The van der Waals surface area contributed by atoms with Gasteiger partial charge in [-0.3, -0.25) is 14.4 Å². The van der Waals surface area contributed by atoms with Gasteiger partial charge in [0.25, 0.3) is 5.91 Å². The van der Waals surface area contributed by atoms with E-state index < -0.39 is 0 Å². The summed E-state index contributed by atoms with van der Waals surface area (Å²) in [6.45, 7) is 0.389. The van der Waals surface area contributed by atoms with E-state index in [0.717, 1.165) is 11.3 Å². The van der Waals surface area contributed by atoms with Crippen LogP contribution in [0.25, 0.3) is 0 Å². The lowest BCUT2D eigenvalue weighted by molar-refractivity contribution is -0.128. The summed E-state index contributed by atoms with van der Waals surface area (Å²) < 4.78 is 5.41. The van der Waals surface area contributed by atoms with Gasteiger partial charge in [0.2, 0.25) is 5.91 Å². The van der Waals surface area contributed by atoms with Crippen molar-refractivity contribution < 1.29 is 18.8 Å². The lowest BCUT2D eigenvalue weighted by Crippen LogP contribution is -2.27. The molecule has 6 nitrogen and oxygen atoms in total. The molecule has 5 rings (SSSR count). The number of hydrogen-bond donors (Lipinski definition) is 1. The minimum Gasteiger partial charge on any atom is -0.467 e. The van der Waals surface area contributed by atoms with Crippen molar-refractivity contribution in [3.8, 4) is 0 Å². The fourth-order valence-electron chi connectivity index (χ4n) is 4.02. The Labute approximate surface area is 217 Å². The maximum absolute atomic E-state index is 13.0. The highest BCUT2D eigenvalue weighted by molar-refractivity contribution is 8.00. The molecule has 8 heteroatoms. The van der Waals surface area contributed by atoms with E-state index in [-0.39, 0.29) is 23.0 Å². The third-order valence-corrected chi connectivity index (χ3v) is 7.33. The number of rotatable bonds is 7. The number of halogens is 1. The molecule has 0 aliphatic carbocycles. The zero-order valence-electron chi connectivity index (χ0n) is 19.0. The molecule has 1 atom stereocenters. The van der Waals surface area contributed by atoms with Crippen molar-refractivity contribution in [3.05, 3.63) is 124 Å². The molecule has 1 fully saturated rings. The molecule has 180 valence electrons. The Bertz CT molecular complexity index is 1410. The van der Waals surface area contributed by atoms with Crippen molar-refractivity contribution in [3.63, 3.8) is 0 Å². The number of nitrogens with zero attached hydrogens (tertiary/aromatic N) is 1. The molecule has 1 aromatic heterocycles. The van der Waals surface area contributed by atoms with Gasteiger partial charge < -0.3 is 14.6 Å². The Kier molecular flexibility index (Phi) is 6.93. The second-order valence-electron chi connectivity index (χ2n) is 8.23. The number of ketones is 1. The van der Waals surface area contributed by atoms with E-state index in [4.69, 9.17) is 16.0 Å². The third kappa shape index (κ3) is 5.08. The average molecular weight is 517 g/mol. The minimum absolute atomic E-state index is 0.0431. The molecule has 1 saturated heterocycles. The number of hydrogen-bond acceptors (Lipinski definition) is 5. The van der Waals surface area contributed by atoms with Gasteiger partial charge in [-0.1, -0.05) is 54.1 Å². The van der Waals surface area contributed by atoms with Crippen molar-refractivity contribution >= 4 is 46.6 Å². The first kappa shape index (κ1) is 23.9. The van der Waals surface area contributed by atoms with Crippen molar-refractivity contribution in [2.24, 2.45) is 0 Å². The van der Waals surface area contributed by atoms with E-state index in [1.54, 1.807) is 71.8 Å². The molecule has 1 aliphatic rings. The molecular formula is C28H21ClN2O4S. The Morgan fingerprint density at radius 3 is 2.47 bits per heavy atom. The Balaban J connectivity index is 1.33. The SMILES string of the molecule is O=C(Nc1ccc(Cl)cc1C(=O)c1ccccc1)c1ccc([C@@H]2SCC(=O)N2Cc2ccco2)cc1. The number of anilines is 1. The van der Waals surface area contributed by atoms with E-state index in [9.17, 15) is 14.4 Å². The lowest BCUT2D eigenvalue weighted by Gasteiger charge is -2.23. The molecule has 1 N–H and O–H groups in total. The molecule has 0 saturated carbocycles. The van der Waals surface area contributed by atoms with E-state index in [1.807, 2.05) is 24.3 Å². The summed E-state index contributed by atoms with van der Waals surface area (Å²) in [5, 5.41) is 3.08. The smallest absolute Gasteiger partial charge is 0.255 e. The summed E-state index contributed by atoms with van der Waals surface area (Å²) >= 11 is 7.69. The molecule has 2 amide bonds. The molecule has 0 radical (unpaired) electrons. The van der Waals surface area contributed by atoms with E-state index >= 15 is 0 Å². The van der Waals surface area contributed by atoms with Crippen LogP contribution in [0.1, 0.15) is 43.0 Å². The highest BCUT2D eigenvalue weighted by atomic mass is 35.5. The van der Waals surface area contributed by atoms with Crippen LogP contribution < -0.4 is 5.32 Å². The van der Waals surface area contributed by atoms with Crippen LogP contribution in [0.2, 0.25) is 5.02 Å². The van der Waals surface area contributed by atoms with Crippen molar-refractivity contribution in [2.75, 3.05) is 11.1 Å². The summed E-state index contributed by atoms with van der Waals surface area (Å²) in [6.07, 6.45) is 1.59. The summed E-state index contributed by atoms with van der Waals surface area (Å²) in [5.74, 6) is 0.566. The third-order valence-electron chi connectivity index (χ3n) is 5.84. The van der Waals surface area contributed by atoms with Crippen LogP contribution in [0.3, 0.4) is 0 Å². The first-order chi connectivity index (χ1) is 17.5. The normalized spacial score (nSPS) is 15.2. The van der Waals surface area contributed by atoms with Gasteiger partial charge in [-0.2, -0.15) is 0 Å². The topological polar surface area (TPSA) is 79.6 Å². The number of benzene rings is 3. The van der Waals surface area contributed by atoms with Gasteiger partial charge in [-0.15, -0.1) is 11.8 Å². The van der Waals surface area contributed by atoms with Gasteiger partial charge in [-0.25, -0.2) is 0 Å². The van der Waals surface area contributed by atoms with Crippen LogP contribution in [0, 0.1) is 0 Å². The van der Waals surface area contributed by atoms with Crippen LogP contribution in [-0.2, 0) is 11.3 Å². The molecule has 1 aliphatic heterocycles. The highest BCUT2D eigenvalue weighted by Crippen LogP contribution is 2.39. The molecule has 2 heterocycles. The second kappa shape index (κ2) is 10.4. The maximum Gasteiger partial charge on any atom is 0.255 e. The van der Waals surface area contributed by atoms with E-state index in [0.29, 0.717) is 39.7 Å². The first-order valence-electron chi connectivity index (χ1n) is 11.2. The number of nitrogens with one attached hydrogen (secondary N) is 1. The Morgan fingerprint density at radius 2 is 1.75 bits per heavy atom. The molecule has 0 bridgehead atoms. The quantitative estimate of drug-likeness (QED) is 0.296. The van der Waals surface area contributed by atoms with Crippen molar-refractivity contribution in [2.45, 2.75) is 11.9 Å². The van der Waals surface area contributed by atoms with Gasteiger partial charge in [0.1, 0.15) is 11.1 Å². The van der Waals surface area contributed by atoms with E-state index in [2.05, 4.69) is 5.32 Å². The van der Waals surface area contributed by atoms with Crippen molar-refractivity contribution in [1.29, 1.82) is 0 Å². The fourth-order valence-corrected chi connectivity index (χ4v) is 5.38. The minimum atomic E-state index is -0.353. The maximum atomic E-state index is 13.0. The molecule has 0 unspecified atom stereocenters. The monoisotopic (exact) mass is 516 g/mol. The molecule has 0 spiro atoms. The van der Waals surface area contributed by atoms with Crippen LogP contribution in [-0.4, -0.2) is 28.3 Å². The standard InChI is InChI=1S/C28H21ClN2O4S/c29-21-12-13-24(23(15-21)26(33)18-5-2-1-3-6-18)30-27(34)19-8-10-20(11-9-19)28-31(25(32)17-36-28)16-22-7-4-14-35-22/h1-15,28H,16-17H2,(H,30,34)/t28-/m0/s1. The number of amides is 2. The van der Waals surface area contributed by atoms with Gasteiger partial charge in [-0.05, 0) is 48.0 Å². The predicted octanol–water partition coefficient (Wildman–Crippen LogP) is 6.19. The number of furan rings is 1. The summed E-state index contributed by atoms with van der Waals surface area (Å²) in [7, 11) is 0. The molecular weight excluding hydrogens is 496 g/mol. The highest BCUT2D eigenvalue weighted by Gasteiger charge is 2.33. The van der Waals surface area contributed by atoms with Gasteiger partial charge in [0.15, 0.2) is 5.78 Å². The first-order valence-corrected chi connectivity index (χ1v) is 12.7. The van der Waals surface area contributed by atoms with Crippen LogP contribution in [0.15, 0.2) is 95.6 Å². The molecule has 3 aromatic carbocycles. The Hall–Kier alpha value is -3.81. The van der Waals surface area contributed by atoms with E-state index in [1.165, 1.54) is 11.8 Å². The van der Waals surface area contributed by atoms with Gasteiger partial charge >= 0.3 is 0 Å². The zero-order valence-corrected chi connectivity index (χ0v) is 20.6. The number of thioether (sulfide) groups is 1. The lowest BCUT2D eigenvalue weighted by atomic mass is 10.0. The van der Waals surface area contributed by atoms with Crippen LogP contribution in [0.5, 0.6) is 0 Å². The molecule has 36 heavy (non-hydrogen) atoms. The number of carbonyl (C=O) groups excluding carboxylic acids is 3. The largest absolute Gasteiger partial charge is 0.467 e. The fraction of sp³-hybridized carbons (Fsp3) is 0.107. The van der Waals surface area contributed by atoms with Gasteiger partial charge in [0.05, 0.1) is 24.2 Å². The Morgan fingerprint density at radius 1 is 0.972 bits per heavy atom. The number of carbonyl (C=O) groups is 3. The summed E-state index contributed by atoms with van der Waals surface area (Å²) in [6, 6.07) is 24.4. The van der Waals surface area contributed by atoms with Crippen LogP contribution >= 0.6 is 23.4 Å². The van der Waals surface area contributed by atoms with Crippen molar-refractivity contribution in [1.82, 2.24) is 4.90 Å². The summed E-state index contributed by atoms with van der Waals surface area (Å²) in [4.78, 5) is 40.3. The summed E-state index contributed by atoms with van der Waals surface area (Å²) in [5.41, 5.74) is 2.54. The van der Waals surface area contributed by atoms with Gasteiger partial charge in [0, 0.05) is 21.7 Å². The predicted molar refractivity (Wildman–Crippen MR) is 140 cm³/mol. The van der Waals surface area contributed by atoms with Crippen LogP contribution in [0.4, 0.5) is 5.69 Å².